The molecular formula is C20H24N2O3S. The van der Waals surface area contributed by atoms with Crippen LogP contribution >= 0.6 is 0 Å². The topological polar surface area (TPSA) is 70.5 Å². The van der Waals surface area contributed by atoms with E-state index in [1.165, 1.54) is 18.0 Å². The summed E-state index contributed by atoms with van der Waals surface area (Å²) in [6.45, 7) is 0.154. The highest BCUT2D eigenvalue weighted by atomic mass is 32.2. The van der Waals surface area contributed by atoms with Gasteiger partial charge in [-0.25, -0.2) is 13.4 Å². The molecule has 0 aliphatic carbocycles. The van der Waals surface area contributed by atoms with Gasteiger partial charge in [0.25, 0.3) is 0 Å². The minimum Gasteiger partial charge on any atom is -0.396 e. The summed E-state index contributed by atoms with van der Waals surface area (Å²) in [6.07, 6.45) is 6.56. The van der Waals surface area contributed by atoms with Gasteiger partial charge in [0.2, 0.25) is 0 Å². The maximum Gasteiger partial charge on any atom is 0.177 e. The van der Waals surface area contributed by atoms with Crippen molar-refractivity contribution in [2.24, 2.45) is 5.41 Å². The van der Waals surface area contributed by atoms with Crippen LogP contribution in [-0.2, 0) is 16.3 Å². The maximum atomic E-state index is 11.7. The number of sulfone groups is 1. The summed E-state index contributed by atoms with van der Waals surface area (Å²) in [5.74, 6) is 0.813. The van der Waals surface area contributed by atoms with Crippen LogP contribution in [0.4, 0.5) is 5.82 Å². The molecule has 0 saturated carbocycles. The predicted molar refractivity (Wildman–Crippen MR) is 101 cm³/mol. The molecule has 5 nitrogen and oxygen atoms in total. The van der Waals surface area contributed by atoms with Crippen LogP contribution in [0.15, 0.2) is 53.6 Å². The van der Waals surface area contributed by atoms with E-state index in [2.05, 4.69) is 22.0 Å². The molecule has 138 valence electrons. The average molecular weight is 372 g/mol. The number of fused-ring (bicyclic) bond motifs is 2. The van der Waals surface area contributed by atoms with Gasteiger partial charge in [-0.2, -0.15) is 0 Å². The largest absolute Gasteiger partial charge is 0.396 e. The van der Waals surface area contributed by atoms with Crippen LogP contribution in [-0.4, -0.2) is 43.5 Å². The van der Waals surface area contributed by atoms with Crippen molar-refractivity contribution in [2.75, 3.05) is 17.8 Å². The molecular weight excluding hydrogens is 348 g/mol. The molecule has 2 fully saturated rings. The summed E-state index contributed by atoms with van der Waals surface area (Å²) in [5.41, 5.74) is 1.08. The maximum absolute atomic E-state index is 11.7. The fourth-order valence-corrected chi connectivity index (χ4v) is 5.36. The molecule has 0 amide bonds. The molecule has 0 spiro atoms. The first-order chi connectivity index (χ1) is 12.4. The molecule has 1 N–H and O–H groups in total. The molecule has 1 aromatic heterocycles. The summed E-state index contributed by atoms with van der Waals surface area (Å²) >= 11 is 0. The second-order valence-electron chi connectivity index (χ2n) is 7.67. The van der Waals surface area contributed by atoms with Crippen molar-refractivity contribution >= 4 is 15.7 Å². The molecule has 0 radical (unpaired) electrons. The van der Waals surface area contributed by atoms with Gasteiger partial charge in [-0.15, -0.1) is 0 Å². The molecule has 2 aromatic rings. The zero-order valence-electron chi connectivity index (χ0n) is 14.9. The van der Waals surface area contributed by atoms with Gasteiger partial charge in [-0.05, 0) is 43.4 Å². The summed E-state index contributed by atoms with van der Waals surface area (Å²) in [7, 11) is -3.24. The Balaban J connectivity index is 1.63. The summed E-state index contributed by atoms with van der Waals surface area (Å²) in [5, 5.41) is 10.3. The van der Waals surface area contributed by atoms with Crippen molar-refractivity contribution in [2.45, 2.75) is 42.7 Å². The molecule has 26 heavy (non-hydrogen) atoms. The predicted octanol–water partition coefficient (Wildman–Crippen LogP) is 2.45. The van der Waals surface area contributed by atoms with E-state index in [4.69, 9.17) is 0 Å². The number of nitrogens with zero attached hydrogens (tertiary/aromatic N) is 2. The Morgan fingerprint density at radius 2 is 1.96 bits per heavy atom. The van der Waals surface area contributed by atoms with Crippen molar-refractivity contribution in [1.82, 2.24) is 4.98 Å². The summed E-state index contributed by atoms with van der Waals surface area (Å²) in [6, 6.07) is 14.3. The third-order valence-corrected chi connectivity index (χ3v) is 7.08. The Hall–Kier alpha value is -1.92. The van der Waals surface area contributed by atoms with E-state index in [0.29, 0.717) is 6.04 Å². The Labute approximate surface area is 154 Å². The molecule has 2 aliphatic rings. The Morgan fingerprint density at radius 1 is 1.19 bits per heavy atom. The van der Waals surface area contributed by atoms with E-state index in [0.717, 1.165) is 31.5 Å². The highest BCUT2D eigenvalue weighted by Crippen LogP contribution is 2.52. The molecule has 4 rings (SSSR count). The fraction of sp³-hybridized carbons (Fsp3) is 0.450. The second kappa shape index (κ2) is 6.35. The molecule has 0 unspecified atom stereocenters. The van der Waals surface area contributed by atoms with Crippen LogP contribution in [0.2, 0.25) is 0 Å². The Kier molecular flexibility index (Phi) is 4.28. The second-order valence-corrected chi connectivity index (χ2v) is 9.68. The molecule has 2 saturated heterocycles. The van der Waals surface area contributed by atoms with Crippen molar-refractivity contribution in [1.29, 1.82) is 0 Å². The fourth-order valence-electron chi connectivity index (χ4n) is 4.80. The molecule has 3 atom stereocenters. The Morgan fingerprint density at radius 3 is 2.58 bits per heavy atom. The smallest absolute Gasteiger partial charge is 0.177 e. The van der Waals surface area contributed by atoms with Crippen LogP contribution in [0.1, 0.15) is 24.8 Å². The monoisotopic (exact) mass is 372 g/mol. The minimum absolute atomic E-state index is 0.154. The molecule has 6 heteroatoms. The van der Waals surface area contributed by atoms with E-state index < -0.39 is 9.84 Å². The first kappa shape index (κ1) is 17.5. The lowest BCUT2D eigenvalue weighted by atomic mass is 9.70. The highest BCUT2D eigenvalue weighted by molar-refractivity contribution is 7.90. The zero-order chi connectivity index (χ0) is 18.4. The zero-order valence-corrected chi connectivity index (χ0v) is 15.7. The third kappa shape index (κ3) is 2.91. The van der Waals surface area contributed by atoms with Gasteiger partial charge in [0, 0.05) is 30.0 Å². The van der Waals surface area contributed by atoms with E-state index in [9.17, 15) is 13.5 Å². The standard InChI is InChI=1S/C20H24N2O3S/c1-26(24,25)17-8-10-19(21-13-17)22-16-7-9-18(22)20(12-16,14-23)11-15-5-3-2-4-6-15/h2-6,8,10,13,16,18,23H,7,9,11-12,14H2,1H3/t16-,18+,20-/m1/s1. The van der Waals surface area contributed by atoms with E-state index >= 15 is 0 Å². The van der Waals surface area contributed by atoms with Crippen LogP contribution in [0.3, 0.4) is 0 Å². The van der Waals surface area contributed by atoms with Crippen molar-refractivity contribution in [3.05, 3.63) is 54.2 Å². The van der Waals surface area contributed by atoms with Crippen molar-refractivity contribution < 1.29 is 13.5 Å². The van der Waals surface area contributed by atoms with Crippen LogP contribution in [0.25, 0.3) is 0 Å². The van der Waals surface area contributed by atoms with E-state index in [1.807, 2.05) is 18.2 Å². The first-order valence-corrected chi connectivity index (χ1v) is 10.9. The lowest BCUT2D eigenvalue weighted by molar-refractivity contribution is 0.0984. The summed E-state index contributed by atoms with van der Waals surface area (Å²) < 4.78 is 23.3. The lowest BCUT2D eigenvalue weighted by Gasteiger charge is -2.36. The van der Waals surface area contributed by atoms with Gasteiger partial charge in [0.15, 0.2) is 9.84 Å². The number of hydrogen-bond donors (Lipinski definition) is 1. The molecule has 3 heterocycles. The average Bonchev–Trinajstić information content (AvgIpc) is 3.18. The van der Waals surface area contributed by atoms with Gasteiger partial charge >= 0.3 is 0 Å². The molecule has 2 bridgehead atoms. The van der Waals surface area contributed by atoms with E-state index in [1.54, 1.807) is 12.1 Å². The number of aliphatic hydroxyl groups excluding tert-OH is 1. The number of aliphatic hydroxyl groups is 1. The lowest BCUT2D eigenvalue weighted by Crippen LogP contribution is -2.42. The van der Waals surface area contributed by atoms with Gasteiger partial charge in [-0.1, -0.05) is 30.3 Å². The molecule has 2 aliphatic heterocycles. The number of anilines is 1. The quantitative estimate of drug-likeness (QED) is 0.873. The van der Waals surface area contributed by atoms with Gasteiger partial charge in [-0.3, -0.25) is 0 Å². The highest BCUT2D eigenvalue weighted by Gasteiger charge is 2.55. The normalized spacial score (nSPS) is 27.8. The van der Waals surface area contributed by atoms with Gasteiger partial charge in [0.1, 0.15) is 5.82 Å². The number of benzene rings is 1. The van der Waals surface area contributed by atoms with Crippen molar-refractivity contribution in [3.63, 3.8) is 0 Å². The first-order valence-electron chi connectivity index (χ1n) is 9.02. The van der Waals surface area contributed by atoms with Crippen LogP contribution in [0.5, 0.6) is 0 Å². The van der Waals surface area contributed by atoms with E-state index in [-0.39, 0.29) is 23.0 Å². The Bertz CT molecular complexity index is 883. The van der Waals surface area contributed by atoms with Gasteiger partial charge < -0.3 is 10.0 Å². The van der Waals surface area contributed by atoms with Crippen LogP contribution < -0.4 is 4.90 Å². The number of hydrogen-bond acceptors (Lipinski definition) is 5. The van der Waals surface area contributed by atoms with Crippen LogP contribution in [0, 0.1) is 5.41 Å². The number of rotatable bonds is 5. The van der Waals surface area contributed by atoms with Crippen molar-refractivity contribution in [3.8, 4) is 0 Å². The number of pyridine rings is 1. The third-order valence-electron chi connectivity index (χ3n) is 5.98. The SMILES string of the molecule is CS(=O)(=O)c1ccc(N2[C@@H]3CC[C@H]2[C@](CO)(Cc2ccccc2)C3)nc1. The number of aromatic nitrogens is 1. The minimum atomic E-state index is -3.24. The molecule has 1 aromatic carbocycles. The summed E-state index contributed by atoms with van der Waals surface area (Å²) in [4.78, 5) is 6.99. The van der Waals surface area contributed by atoms with Gasteiger partial charge in [0.05, 0.1) is 11.5 Å².